The molecule has 0 bridgehead atoms. The number of benzene rings is 2. The van der Waals surface area contributed by atoms with Gasteiger partial charge in [0.15, 0.2) is 5.82 Å². The number of amides is 1. The Morgan fingerprint density at radius 1 is 0.953 bits per heavy atom. The monoisotopic (exact) mass is 591 g/mol. The van der Waals surface area contributed by atoms with Crippen LogP contribution in [-0.4, -0.2) is 38.4 Å². The fraction of sp³-hybridized carbons (Fsp3) is 0.265. The quantitative estimate of drug-likeness (QED) is 0.175. The Bertz CT molecular complexity index is 1820. The summed E-state index contributed by atoms with van der Waals surface area (Å²) in [6, 6.07) is 20.4. The van der Waals surface area contributed by atoms with Gasteiger partial charge < -0.3 is 16.0 Å². The van der Waals surface area contributed by atoms with Crippen molar-refractivity contribution in [1.29, 1.82) is 0 Å². The molecule has 0 radical (unpaired) electrons. The maximum Gasteiger partial charge on any atom is 0.220 e. The van der Waals surface area contributed by atoms with Crippen molar-refractivity contribution in [3.63, 3.8) is 0 Å². The van der Waals surface area contributed by atoms with Crippen LogP contribution < -0.4 is 16.0 Å². The van der Waals surface area contributed by atoms with Gasteiger partial charge in [-0.2, -0.15) is 0 Å². The van der Waals surface area contributed by atoms with E-state index in [0.29, 0.717) is 29.6 Å². The zero-order chi connectivity index (χ0) is 29.9. The Morgan fingerprint density at radius 3 is 2.58 bits per heavy atom. The number of anilines is 2. The molecule has 2 aromatic carbocycles. The standard InChI is InChI=1S/C34H34ClN7O/c1-4-27-22(18-36-19-23-14-16-31(43)40-23)13-15-29(41-27)26-10-5-9-25(32(26)35)24-8-6-11-28(20(24)2)42-34-33-30(12-7-17-37-33)38-21(3)39-34/h5-13,15,17,23,36H,4,14,16,18-19H2,1-3H3,(H,40,43)(H,38,39,42)/t23-/m0/s1. The molecule has 5 aromatic rings. The normalized spacial score (nSPS) is 14.7. The lowest BCUT2D eigenvalue weighted by Crippen LogP contribution is -2.35. The van der Waals surface area contributed by atoms with E-state index in [1.165, 1.54) is 0 Å². The molecule has 218 valence electrons. The Hall–Kier alpha value is -4.40. The van der Waals surface area contributed by atoms with E-state index in [1.807, 2.05) is 55.5 Å². The van der Waals surface area contributed by atoms with Crippen molar-refractivity contribution < 1.29 is 4.79 Å². The van der Waals surface area contributed by atoms with Crippen molar-refractivity contribution in [2.45, 2.75) is 52.6 Å². The molecular weight excluding hydrogens is 558 g/mol. The maximum atomic E-state index is 11.5. The van der Waals surface area contributed by atoms with Crippen LogP contribution in [0.15, 0.2) is 66.9 Å². The lowest BCUT2D eigenvalue weighted by Gasteiger charge is -2.17. The SMILES string of the molecule is CCc1nc(-c2cccc(-c3cccc(Nc4nc(C)nc5cccnc45)c3C)c2Cl)ccc1CNC[C@@H]1CCC(=O)N1. The predicted molar refractivity (Wildman–Crippen MR) is 172 cm³/mol. The lowest BCUT2D eigenvalue weighted by atomic mass is 9.96. The van der Waals surface area contributed by atoms with Gasteiger partial charge in [-0.15, -0.1) is 0 Å². The average Bonchev–Trinajstić information content (AvgIpc) is 3.43. The maximum absolute atomic E-state index is 11.5. The summed E-state index contributed by atoms with van der Waals surface area (Å²) in [5, 5.41) is 10.6. The second-order valence-corrected chi connectivity index (χ2v) is 11.2. The van der Waals surface area contributed by atoms with Gasteiger partial charge in [-0.05, 0) is 67.6 Å². The van der Waals surface area contributed by atoms with Crippen LogP contribution in [0.5, 0.6) is 0 Å². The van der Waals surface area contributed by atoms with E-state index in [9.17, 15) is 4.79 Å². The molecule has 3 N–H and O–H groups in total. The number of hydrogen-bond donors (Lipinski definition) is 3. The van der Waals surface area contributed by atoms with Crippen LogP contribution in [0.3, 0.4) is 0 Å². The number of hydrogen-bond acceptors (Lipinski definition) is 7. The molecule has 3 aromatic heterocycles. The average molecular weight is 592 g/mol. The van der Waals surface area contributed by atoms with E-state index < -0.39 is 0 Å². The summed E-state index contributed by atoms with van der Waals surface area (Å²) in [6.07, 6.45) is 4.05. The molecule has 1 amide bonds. The summed E-state index contributed by atoms with van der Waals surface area (Å²) in [6.45, 7) is 7.53. The van der Waals surface area contributed by atoms with E-state index in [-0.39, 0.29) is 11.9 Å². The third-order valence-corrected chi connectivity index (χ3v) is 8.32. The van der Waals surface area contributed by atoms with Crippen LogP contribution in [0, 0.1) is 13.8 Å². The van der Waals surface area contributed by atoms with Crippen molar-refractivity contribution in [2.24, 2.45) is 0 Å². The Labute approximate surface area is 256 Å². The van der Waals surface area contributed by atoms with Gasteiger partial charge in [0.05, 0.1) is 16.2 Å². The topological polar surface area (TPSA) is 105 Å². The molecule has 8 nitrogen and oxygen atoms in total. The molecule has 1 aliphatic rings. The van der Waals surface area contributed by atoms with Gasteiger partial charge >= 0.3 is 0 Å². The number of fused-ring (bicyclic) bond motifs is 1. The second-order valence-electron chi connectivity index (χ2n) is 10.9. The highest BCUT2D eigenvalue weighted by atomic mass is 35.5. The summed E-state index contributed by atoms with van der Waals surface area (Å²) in [4.78, 5) is 30.2. The minimum Gasteiger partial charge on any atom is -0.352 e. The van der Waals surface area contributed by atoms with Crippen LogP contribution in [0.1, 0.15) is 42.4 Å². The van der Waals surface area contributed by atoms with E-state index in [1.54, 1.807) is 6.20 Å². The fourth-order valence-electron chi connectivity index (χ4n) is 5.66. The smallest absolute Gasteiger partial charge is 0.220 e. The number of aryl methyl sites for hydroxylation is 2. The lowest BCUT2D eigenvalue weighted by molar-refractivity contribution is -0.119. The minimum absolute atomic E-state index is 0.135. The Balaban J connectivity index is 1.27. The van der Waals surface area contributed by atoms with Crippen LogP contribution in [0.4, 0.5) is 11.5 Å². The van der Waals surface area contributed by atoms with Crippen molar-refractivity contribution >= 4 is 40.0 Å². The molecule has 0 unspecified atom stereocenters. The molecule has 9 heteroatoms. The summed E-state index contributed by atoms with van der Waals surface area (Å²) in [7, 11) is 0. The Kier molecular flexibility index (Phi) is 8.31. The first kappa shape index (κ1) is 28.7. The first-order chi connectivity index (χ1) is 20.9. The molecule has 0 aliphatic carbocycles. The number of carbonyl (C=O) groups is 1. The van der Waals surface area contributed by atoms with Crippen LogP contribution in [0.2, 0.25) is 5.02 Å². The molecule has 1 fully saturated rings. The van der Waals surface area contributed by atoms with Crippen LogP contribution in [0.25, 0.3) is 33.4 Å². The predicted octanol–water partition coefficient (Wildman–Crippen LogP) is 6.70. The van der Waals surface area contributed by atoms with Gasteiger partial charge in [-0.1, -0.05) is 54.9 Å². The molecule has 43 heavy (non-hydrogen) atoms. The minimum atomic E-state index is 0.135. The van der Waals surface area contributed by atoms with E-state index in [2.05, 4.69) is 56.9 Å². The number of nitrogens with zero attached hydrogens (tertiary/aromatic N) is 4. The zero-order valence-corrected chi connectivity index (χ0v) is 25.3. The number of carbonyl (C=O) groups excluding carboxylic acids is 1. The highest BCUT2D eigenvalue weighted by Gasteiger charge is 2.20. The molecule has 1 aliphatic heterocycles. The van der Waals surface area contributed by atoms with Crippen LogP contribution in [-0.2, 0) is 17.8 Å². The van der Waals surface area contributed by atoms with Crippen molar-refractivity contribution in [3.8, 4) is 22.4 Å². The van der Waals surface area contributed by atoms with E-state index >= 15 is 0 Å². The van der Waals surface area contributed by atoms with E-state index in [0.717, 1.165) is 75.3 Å². The number of nitrogens with one attached hydrogen (secondary N) is 3. The number of rotatable bonds is 9. The summed E-state index contributed by atoms with van der Waals surface area (Å²) >= 11 is 7.13. The third kappa shape index (κ3) is 6.07. The molecule has 1 saturated heterocycles. The molecule has 0 spiro atoms. The molecule has 0 saturated carbocycles. The largest absolute Gasteiger partial charge is 0.352 e. The number of pyridine rings is 2. The summed E-state index contributed by atoms with van der Waals surface area (Å²) in [5.74, 6) is 1.48. The van der Waals surface area contributed by atoms with Gasteiger partial charge in [0.25, 0.3) is 0 Å². The molecular formula is C34H34ClN7O. The van der Waals surface area contributed by atoms with Gasteiger partial charge in [0, 0.05) is 54.3 Å². The van der Waals surface area contributed by atoms with Gasteiger partial charge in [0.1, 0.15) is 11.3 Å². The van der Waals surface area contributed by atoms with Crippen molar-refractivity contribution in [2.75, 3.05) is 11.9 Å². The Morgan fingerprint density at radius 2 is 1.77 bits per heavy atom. The van der Waals surface area contributed by atoms with Gasteiger partial charge in [-0.25, -0.2) is 9.97 Å². The summed E-state index contributed by atoms with van der Waals surface area (Å²) in [5.41, 5.74) is 9.36. The summed E-state index contributed by atoms with van der Waals surface area (Å²) < 4.78 is 0. The highest BCUT2D eigenvalue weighted by molar-refractivity contribution is 6.36. The molecule has 1 atom stereocenters. The van der Waals surface area contributed by atoms with Crippen molar-refractivity contribution in [3.05, 3.63) is 94.5 Å². The van der Waals surface area contributed by atoms with E-state index in [4.69, 9.17) is 16.6 Å². The van der Waals surface area contributed by atoms with Gasteiger partial charge in [-0.3, -0.25) is 14.8 Å². The third-order valence-electron chi connectivity index (χ3n) is 7.91. The van der Waals surface area contributed by atoms with Crippen LogP contribution >= 0.6 is 11.6 Å². The highest BCUT2D eigenvalue weighted by Crippen LogP contribution is 2.39. The first-order valence-corrected chi connectivity index (χ1v) is 15.0. The number of aromatic nitrogens is 4. The fourth-order valence-corrected chi connectivity index (χ4v) is 5.98. The second kappa shape index (κ2) is 12.5. The first-order valence-electron chi connectivity index (χ1n) is 14.7. The molecule has 6 rings (SSSR count). The van der Waals surface area contributed by atoms with Crippen molar-refractivity contribution in [1.82, 2.24) is 30.6 Å². The molecule has 4 heterocycles. The van der Waals surface area contributed by atoms with Gasteiger partial charge in [0.2, 0.25) is 5.91 Å². The zero-order valence-electron chi connectivity index (χ0n) is 24.5. The number of halogens is 1.